The van der Waals surface area contributed by atoms with Crippen LogP contribution in [0.3, 0.4) is 0 Å². The molecule has 1 aliphatic carbocycles. The zero-order valence-electron chi connectivity index (χ0n) is 20.0. The maximum Gasteiger partial charge on any atom is 0.493 e. The number of carbonyl (C=O) groups excluding carboxylic acids is 1. The lowest BCUT2D eigenvalue weighted by Gasteiger charge is -2.41. The van der Waals surface area contributed by atoms with Gasteiger partial charge in [-0.15, -0.1) is 0 Å². The van der Waals surface area contributed by atoms with Gasteiger partial charge in [-0.05, 0) is 37.7 Å². The molecule has 1 atom stereocenters. The van der Waals surface area contributed by atoms with Crippen molar-refractivity contribution >= 4 is 24.1 Å². The van der Waals surface area contributed by atoms with E-state index in [9.17, 15) is 15.0 Å². The lowest BCUT2D eigenvalue weighted by atomic mass is 9.71. The summed E-state index contributed by atoms with van der Waals surface area (Å²) in [7, 11) is -0.496. The Labute approximate surface area is 200 Å². The molecule has 0 aromatic heterocycles. The summed E-state index contributed by atoms with van der Waals surface area (Å²) in [6.45, 7) is 6.81. The van der Waals surface area contributed by atoms with Crippen LogP contribution in [0.1, 0.15) is 50.3 Å². The number of ether oxygens (including phenoxy) is 1. The highest BCUT2D eigenvalue weighted by Crippen LogP contribution is 2.47. The zero-order chi connectivity index (χ0) is 24.1. The van der Waals surface area contributed by atoms with Crippen molar-refractivity contribution in [2.75, 3.05) is 19.8 Å². The molecule has 34 heavy (non-hydrogen) atoms. The van der Waals surface area contributed by atoms with E-state index in [1.54, 1.807) is 0 Å². The molecule has 0 radical (unpaired) electrons. The summed E-state index contributed by atoms with van der Waals surface area (Å²) in [5.41, 5.74) is 1.26. The molecule has 5 rings (SSSR count). The van der Waals surface area contributed by atoms with Crippen molar-refractivity contribution in [3.63, 3.8) is 0 Å². The molecule has 178 valence electrons. The summed E-state index contributed by atoms with van der Waals surface area (Å²) in [4.78, 5) is 13.6. The van der Waals surface area contributed by atoms with Crippen LogP contribution in [0.25, 0.3) is 5.76 Å². The smallest absolute Gasteiger partial charge is 0.487 e. The van der Waals surface area contributed by atoms with Crippen molar-refractivity contribution in [1.82, 2.24) is 0 Å². The lowest BCUT2D eigenvalue weighted by Crippen LogP contribution is -2.49. The molecule has 2 aromatic carbocycles. The zero-order valence-corrected chi connectivity index (χ0v) is 20.0. The van der Waals surface area contributed by atoms with Gasteiger partial charge in [-0.25, -0.2) is 0 Å². The van der Waals surface area contributed by atoms with E-state index in [4.69, 9.17) is 14.0 Å². The van der Waals surface area contributed by atoms with Gasteiger partial charge in [-0.1, -0.05) is 55.5 Å². The average Bonchev–Trinajstić information content (AvgIpc) is 2.83. The molecule has 0 amide bonds. The van der Waals surface area contributed by atoms with Crippen molar-refractivity contribution in [3.8, 4) is 0 Å². The predicted octanol–water partition coefficient (Wildman–Crippen LogP) is 2.74. The Morgan fingerprint density at radius 2 is 1.68 bits per heavy atom. The molecule has 2 heterocycles. The Morgan fingerprint density at radius 1 is 1.00 bits per heavy atom. The number of rotatable bonds is 4. The van der Waals surface area contributed by atoms with E-state index < -0.39 is 12.7 Å². The van der Waals surface area contributed by atoms with Crippen LogP contribution in [0.15, 0.2) is 54.1 Å². The predicted molar refractivity (Wildman–Crippen MR) is 129 cm³/mol. The average molecular weight is 462 g/mol. The fourth-order valence-electron chi connectivity index (χ4n) is 4.97. The number of aliphatic hydroxyl groups is 2. The van der Waals surface area contributed by atoms with Crippen LogP contribution in [0.5, 0.6) is 0 Å². The molecule has 6 nitrogen and oxygen atoms in total. The third kappa shape index (κ3) is 4.01. The Morgan fingerprint density at radius 3 is 2.35 bits per heavy atom. The number of fused-ring (bicyclic) bond motifs is 2. The van der Waals surface area contributed by atoms with E-state index in [1.165, 1.54) is 0 Å². The number of aliphatic hydroxyl groups excluding tert-OH is 1. The topological polar surface area (TPSA) is 85.2 Å². The highest BCUT2D eigenvalue weighted by Gasteiger charge is 2.49. The Kier molecular flexibility index (Phi) is 5.72. The van der Waals surface area contributed by atoms with Crippen LogP contribution in [0.2, 0.25) is 0 Å². The van der Waals surface area contributed by atoms with E-state index in [-0.39, 0.29) is 29.8 Å². The minimum absolute atomic E-state index is 0.00737. The van der Waals surface area contributed by atoms with E-state index in [0.29, 0.717) is 36.5 Å². The summed E-state index contributed by atoms with van der Waals surface area (Å²) in [5.74, 6) is 0.335. The van der Waals surface area contributed by atoms with Gasteiger partial charge in [-0.2, -0.15) is 0 Å². The summed E-state index contributed by atoms with van der Waals surface area (Å²) >= 11 is 0. The first-order valence-corrected chi connectivity index (χ1v) is 11.9. The monoisotopic (exact) mass is 462 g/mol. The van der Waals surface area contributed by atoms with Crippen molar-refractivity contribution in [2.45, 2.75) is 51.2 Å². The van der Waals surface area contributed by atoms with Crippen molar-refractivity contribution in [3.05, 3.63) is 70.8 Å². The van der Waals surface area contributed by atoms with E-state index in [2.05, 4.69) is 0 Å². The van der Waals surface area contributed by atoms with Crippen LogP contribution >= 0.6 is 0 Å². The fraction of sp³-hybridized carbons (Fsp3) is 0.444. The maximum atomic E-state index is 13.6. The fourth-order valence-corrected chi connectivity index (χ4v) is 4.97. The number of Topliss-reactive ketones (excluding diaryl/α,β-unsaturated/α-hetero) is 1. The van der Waals surface area contributed by atoms with Gasteiger partial charge in [0.2, 0.25) is 0 Å². The van der Waals surface area contributed by atoms with Crippen molar-refractivity contribution in [1.29, 1.82) is 0 Å². The van der Waals surface area contributed by atoms with Gasteiger partial charge in [0.05, 0.1) is 6.61 Å². The van der Waals surface area contributed by atoms with Gasteiger partial charge in [-0.3, -0.25) is 4.79 Å². The molecular weight excluding hydrogens is 431 g/mol. The highest BCUT2D eigenvalue weighted by atomic mass is 16.6. The van der Waals surface area contributed by atoms with Gasteiger partial charge in [0.15, 0.2) is 11.4 Å². The summed E-state index contributed by atoms with van der Waals surface area (Å²) < 4.78 is 17.9. The number of hydrogen-bond acceptors (Lipinski definition) is 6. The summed E-state index contributed by atoms with van der Waals surface area (Å²) in [6.07, 6.45) is 1.47. The molecule has 2 aliphatic heterocycles. The van der Waals surface area contributed by atoms with Crippen molar-refractivity contribution < 1.29 is 29.1 Å². The second-order valence-electron chi connectivity index (χ2n) is 10.7. The molecule has 0 spiro atoms. The standard InChI is InChI=1S/C27H31BO6/c1-25(2)13-12-21-23(34-25)20-6-4-5-7-22(20)27(31,24(21)30)14-18-8-10-19(11-9-18)28-32-16-26(3,15-29)17-33-28/h4-11,29,31H,12-17H2,1-3H3. The van der Waals surface area contributed by atoms with Crippen LogP contribution in [-0.4, -0.2) is 48.5 Å². The van der Waals surface area contributed by atoms with Crippen LogP contribution in [-0.2, 0) is 30.9 Å². The number of benzene rings is 2. The molecule has 1 saturated heterocycles. The van der Waals surface area contributed by atoms with Crippen LogP contribution in [0, 0.1) is 5.41 Å². The number of carbonyl (C=O) groups is 1. The number of hydrogen-bond donors (Lipinski definition) is 2. The SMILES string of the molecule is CC1(CO)COB(c2ccc(CC3(O)C(=O)C4=C(OC(C)(C)CC4)c4ccccc43)cc2)OC1. The lowest BCUT2D eigenvalue weighted by molar-refractivity contribution is -0.135. The normalized spacial score (nSPS) is 25.4. The minimum atomic E-state index is -1.65. The first kappa shape index (κ1) is 23.3. The van der Waals surface area contributed by atoms with E-state index in [0.717, 1.165) is 23.0 Å². The second-order valence-corrected chi connectivity index (χ2v) is 10.7. The molecule has 0 bridgehead atoms. The molecule has 1 fully saturated rings. The third-order valence-electron chi connectivity index (χ3n) is 7.16. The molecule has 2 aromatic rings. The molecule has 0 saturated carbocycles. The van der Waals surface area contributed by atoms with Gasteiger partial charge in [0.25, 0.3) is 0 Å². The summed E-state index contributed by atoms with van der Waals surface area (Å²) in [5, 5.41) is 21.3. The second kappa shape index (κ2) is 8.34. The van der Waals surface area contributed by atoms with Crippen LogP contribution < -0.4 is 5.46 Å². The first-order chi connectivity index (χ1) is 16.1. The van der Waals surface area contributed by atoms with E-state index in [1.807, 2.05) is 69.3 Å². The van der Waals surface area contributed by atoms with Crippen LogP contribution in [0.4, 0.5) is 0 Å². The Balaban J connectivity index is 1.40. The summed E-state index contributed by atoms with van der Waals surface area (Å²) in [6, 6.07) is 15.1. The Hall–Kier alpha value is -2.45. The number of ketones is 1. The third-order valence-corrected chi connectivity index (χ3v) is 7.16. The molecule has 7 heteroatoms. The highest BCUT2D eigenvalue weighted by molar-refractivity contribution is 6.61. The molecule has 2 N–H and O–H groups in total. The maximum absolute atomic E-state index is 13.6. The van der Waals surface area contributed by atoms with Gasteiger partial charge >= 0.3 is 7.12 Å². The molecule has 3 aliphatic rings. The quantitative estimate of drug-likeness (QED) is 0.680. The van der Waals surface area contributed by atoms with Gasteiger partial charge in [0, 0.05) is 41.7 Å². The molecular formula is C27H31BO6. The molecule has 1 unspecified atom stereocenters. The Bertz CT molecular complexity index is 1130. The van der Waals surface area contributed by atoms with Crippen molar-refractivity contribution in [2.24, 2.45) is 5.41 Å². The van der Waals surface area contributed by atoms with Gasteiger partial charge < -0.3 is 24.3 Å². The van der Waals surface area contributed by atoms with E-state index >= 15 is 0 Å². The van der Waals surface area contributed by atoms with Gasteiger partial charge in [0.1, 0.15) is 11.4 Å². The largest absolute Gasteiger partial charge is 0.493 e. The minimum Gasteiger partial charge on any atom is -0.487 e. The first-order valence-electron chi connectivity index (χ1n) is 11.9.